The normalized spacial score (nSPS) is 10.9. The first kappa shape index (κ1) is 12.5. The van der Waals surface area contributed by atoms with Gasteiger partial charge in [0.2, 0.25) is 0 Å². The SMILES string of the molecule is Cc1sc(N)nc1-c1ccc(C=CCC=O)cc1. The molecule has 0 aliphatic carbocycles. The number of benzene rings is 1. The molecule has 2 rings (SSSR count). The number of hydrogen-bond donors (Lipinski definition) is 1. The second kappa shape index (κ2) is 5.60. The summed E-state index contributed by atoms with van der Waals surface area (Å²) in [6.45, 7) is 2.02. The molecule has 0 saturated carbocycles. The average molecular weight is 258 g/mol. The fraction of sp³-hybridized carbons (Fsp3) is 0.143. The first-order valence-electron chi connectivity index (χ1n) is 5.64. The number of allylic oxidation sites excluding steroid dienone is 1. The summed E-state index contributed by atoms with van der Waals surface area (Å²) < 4.78 is 0. The van der Waals surface area contributed by atoms with E-state index in [2.05, 4.69) is 4.98 Å². The lowest BCUT2D eigenvalue weighted by molar-refractivity contribution is -0.107. The Balaban J connectivity index is 2.22. The summed E-state index contributed by atoms with van der Waals surface area (Å²) in [7, 11) is 0. The Labute approximate surface area is 110 Å². The van der Waals surface area contributed by atoms with Crippen molar-refractivity contribution in [2.75, 3.05) is 5.73 Å². The van der Waals surface area contributed by atoms with Crippen molar-refractivity contribution < 1.29 is 4.79 Å². The molecule has 0 atom stereocenters. The van der Waals surface area contributed by atoms with Crippen LogP contribution in [-0.2, 0) is 4.79 Å². The standard InChI is InChI=1S/C14H14N2OS/c1-10-13(16-14(15)18-10)12-7-5-11(6-8-12)4-2-3-9-17/h2,4-9H,3H2,1H3,(H2,15,16). The van der Waals surface area contributed by atoms with Crippen LogP contribution in [0.5, 0.6) is 0 Å². The van der Waals surface area contributed by atoms with Crippen molar-refractivity contribution in [1.29, 1.82) is 0 Å². The van der Waals surface area contributed by atoms with E-state index in [0.29, 0.717) is 11.6 Å². The molecule has 2 aromatic rings. The maximum absolute atomic E-state index is 10.2. The molecule has 0 aliphatic heterocycles. The first-order chi connectivity index (χ1) is 8.70. The van der Waals surface area contributed by atoms with Crippen molar-refractivity contribution >= 4 is 28.8 Å². The van der Waals surface area contributed by atoms with E-state index in [1.165, 1.54) is 11.3 Å². The summed E-state index contributed by atoms with van der Waals surface area (Å²) in [5, 5.41) is 0.595. The van der Waals surface area contributed by atoms with Crippen LogP contribution in [0.25, 0.3) is 17.3 Å². The zero-order valence-electron chi connectivity index (χ0n) is 10.1. The lowest BCUT2D eigenvalue weighted by Gasteiger charge is -1.99. The van der Waals surface area contributed by atoms with Gasteiger partial charge in [0.05, 0.1) is 5.69 Å². The molecule has 0 aliphatic rings. The molecule has 4 heteroatoms. The van der Waals surface area contributed by atoms with Gasteiger partial charge in [0.1, 0.15) is 6.29 Å². The highest BCUT2D eigenvalue weighted by atomic mass is 32.1. The Morgan fingerprint density at radius 2 is 2.06 bits per heavy atom. The zero-order chi connectivity index (χ0) is 13.0. The molecule has 18 heavy (non-hydrogen) atoms. The molecule has 1 aromatic carbocycles. The van der Waals surface area contributed by atoms with Gasteiger partial charge in [0, 0.05) is 16.9 Å². The van der Waals surface area contributed by atoms with Gasteiger partial charge in [-0.3, -0.25) is 0 Å². The van der Waals surface area contributed by atoms with Crippen LogP contribution in [0.4, 0.5) is 5.13 Å². The number of aromatic nitrogens is 1. The Kier molecular flexibility index (Phi) is 3.89. The van der Waals surface area contributed by atoms with Gasteiger partial charge in [-0.15, -0.1) is 11.3 Å². The number of carbonyl (C=O) groups is 1. The Morgan fingerprint density at radius 3 is 2.61 bits per heavy atom. The molecule has 2 N–H and O–H groups in total. The fourth-order valence-corrected chi connectivity index (χ4v) is 2.41. The van der Waals surface area contributed by atoms with Crippen LogP contribution in [0, 0.1) is 6.92 Å². The summed E-state index contributed by atoms with van der Waals surface area (Å²) in [4.78, 5) is 15.6. The highest BCUT2D eigenvalue weighted by molar-refractivity contribution is 7.15. The molecular formula is C14H14N2OS. The number of aldehydes is 1. The van der Waals surface area contributed by atoms with Crippen LogP contribution in [0.3, 0.4) is 0 Å². The molecule has 0 bridgehead atoms. The number of nitrogens with zero attached hydrogens (tertiary/aromatic N) is 1. The molecule has 0 amide bonds. The Hall–Kier alpha value is -1.94. The fourth-order valence-electron chi connectivity index (χ4n) is 1.70. The van der Waals surface area contributed by atoms with Crippen LogP contribution in [0.1, 0.15) is 16.9 Å². The first-order valence-corrected chi connectivity index (χ1v) is 6.46. The minimum Gasteiger partial charge on any atom is -0.375 e. The van der Waals surface area contributed by atoms with Crippen molar-refractivity contribution in [3.63, 3.8) is 0 Å². The molecule has 0 unspecified atom stereocenters. The van der Waals surface area contributed by atoms with Crippen molar-refractivity contribution in [2.24, 2.45) is 0 Å². The van der Waals surface area contributed by atoms with E-state index in [9.17, 15) is 4.79 Å². The predicted octanol–water partition coefficient (Wildman–Crippen LogP) is 3.30. The minimum absolute atomic E-state index is 0.448. The lowest BCUT2D eigenvalue weighted by atomic mass is 10.1. The summed E-state index contributed by atoms with van der Waals surface area (Å²) in [5.74, 6) is 0. The lowest BCUT2D eigenvalue weighted by Crippen LogP contribution is -1.84. The van der Waals surface area contributed by atoms with Crippen molar-refractivity contribution in [1.82, 2.24) is 4.98 Å². The third kappa shape index (κ3) is 2.84. The van der Waals surface area contributed by atoms with Gasteiger partial charge in [-0.25, -0.2) is 4.98 Å². The Morgan fingerprint density at radius 1 is 1.33 bits per heavy atom. The van der Waals surface area contributed by atoms with E-state index in [4.69, 9.17) is 5.73 Å². The molecule has 92 valence electrons. The minimum atomic E-state index is 0.448. The maximum atomic E-state index is 10.2. The van der Waals surface area contributed by atoms with Crippen LogP contribution in [-0.4, -0.2) is 11.3 Å². The highest BCUT2D eigenvalue weighted by Crippen LogP contribution is 2.28. The summed E-state index contributed by atoms with van der Waals surface area (Å²) in [6.07, 6.45) is 5.10. The molecular weight excluding hydrogens is 244 g/mol. The maximum Gasteiger partial charge on any atom is 0.180 e. The zero-order valence-corrected chi connectivity index (χ0v) is 10.9. The van der Waals surface area contributed by atoms with Gasteiger partial charge in [-0.05, 0) is 12.5 Å². The molecule has 1 aromatic heterocycles. The monoisotopic (exact) mass is 258 g/mol. The van der Waals surface area contributed by atoms with E-state index in [-0.39, 0.29) is 0 Å². The van der Waals surface area contributed by atoms with Gasteiger partial charge in [-0.1, -0.05) is 36.4 Å². The average Bonchev–Trinajstić information content (AvgIpc) is 2.70. The van der Waals surface area contributed by atoms with Crippen LogP contribution >= 0.6 is 11.3 Å². The van der Waals surface area contributed by atoms with Gasteiger partial charge < -0.3 is 10.5 Å². The number of aryl methyl sites for hydroxylation is 1. The molecule has 0 saturated heterocycles. The second-order valence-corrected chi connectivity index (χ2v) is 5.12. The van der Waals surface area contributed by atoms with Crippen molar-refractivity contribution in [2.45, 2.75) is 13.3 Å². The number of thiazole rings is 1. The third-order valence-electron chi connectivity index (χ3n) is 2.54. The van der Waals surface area contributed by atoms with Gasteiger partial charge in [-0.2, -0.15) is 0 Å². The smallest absolute Gasteiger partial charge is 0.180 e. The number of nitrogen functional groups attached to an aromatic ring is 1. The molecule has 0 fully saturated rings. The van der Waals surface area contributed by atoms with E-state index in [1.807, 2.05) is 43.3 Å². The van der Waals surface area contributed by atoms with E-state index >= 15 is 0 Å². The molecule has 1 heterocycles. The third-order valence-corrected chi connectivity index (χ3v) is 3.34. The molecule has 3 nitrogen and oxygen atoms in total. The van der Waals surface area contributed by atoms with E-state index in [0.717, 1.165) is 28.0 Å². The summed E-state index contributed by atoms with van der Waals surface area (Å²) >= 11 is 1.50. The van der Waals surface area contributed by atoms with Crippen LogP contribution in [0.2, 0.25) is 0 Å². The predicted molar refractivity (Wildman–Crippen MR) is 76.4 cm³/mol. The number of carbonyl (C=O) groups excluding carboxylic acids is 1. The van der Waals surface area contributed by atoms with Gasteiger partial charge in [0.25, 0.3) is 0 Å². The van der Waals surface area contributed by atoms with Gasteiger partial charge >= 0.3 is 0 Å². The second-order valence-electron chi connectivity index (χ2n) is 3.88. The number of anilines is 1. The van der Waals surface area contributed by atoms with Gasteiger partial charge in [0.15, 0.2) is 5.13 Å². The van der Waals surface area contributed by atoms with Crippen LogP contribution < -0.4 is 5.73 Å². The highest BCUT2D eigenvalue weighted by Gasteiger charge is 2.07. The van der Waals surface area contributed by atoms with E-state index < -0.39 is 0 Å². The van der Waals surface area contributed by atoms with Crippen molar-refractivity contribution in [3.8, 4) is 11.3 Å². The number of hydrogen-bond acceptors (Lipinski definition) is 4. The summed E-state index contributed by atoms with van der Waals surface area (Å²) in [5.41, 5.74) is 8.77. The van der Waals surface area contributed by atoms with E-state index in [1.54, 1.807) is 0 Å². The Bertz CT molecular complexity index is 570. The molecule has 0 radical (unpaired) electrons. The van der Waals surface area contributed by atoms with Crippen molar-refractivity contribution in [3.05, 3.63) is 40.8 Å². The quantitative estimate of drug-likeness (QED) is 0.856. The number of rotatable bonds is 4. The van der Waals surface area contributed by atoms with Crippen LogP contribution in [0.15, 0.2) is 30.3 Å². The summed E-state index contributed by atoms with van der Waals surface area (Å²) in [6, 6.07) is 8.04. The molecule has 0 spiro atoms. The largest absolute Gasteiger partial charge is 0.375 e. The number of nitrogens with two attached hydrogens (primary N) is 1. The topological polar surface area (TPSA) is 56.0 Å².